The predicted octanol–water partition coefficient (Wildman–Crippen LogP) is 3.95. The van der Waals surface area contributed by atoms with Crippen molar-refractivity contribution in [1.29, 1.82) is 0 Å². The summed E-state index contributed by atoms with van der Waals surface area (Å²) in [7, 11) is 1.65. The van der Waals surface area contributed by atoms with Crippen LogP contribution in [-0.4, -0.2) is 29.5 Å². The van der Waals surface area contributed by atoms with Crippen LogP contribution in [0.5, 0.6) is 5.75 Å². The monoisotopic (exact) mass is 376 g/mol. The minimum Gasteiger partial charge on any atom is -0.497 e. The number of aryl methyl sites for hydroxylation is 1. The lowest BCUT2D eigenvalue weighted by Crippen LogP contribution is -2.16. The highest BCUT2D eigenvalue weighted by molar-refractivity contribution is 6.03. The van der Waals surface area contributed by atoms with Crippen LogP contribution in [0.15, 0.2) is 60.8 Å². The number of ether oxygens (including phenoxy) is 1. The van der Waals surface area contributed by atoms with E-state index < -0.39 is 0 Å². The zero-order chi connectivity index (χ0) is 19.8. The number of benzene rings is 2. The number of anilines is 2. The van der Waals surface area contributed by atoms with E-state index in [-0.39, 0.29) is 5.91 Å². The Morgan fingerprint density at radius 1 is 1.11 bits per heavy atom. The van der Waals surface area contributed by atoms with Crippen LogP contribution in [0.2, 0.25) is 0 Å². The van der Waals surface area contributed by atoms with E-state index in [1.165, 1.54) is 0 Å². The first kappa shape index (κ1) is 19.4. The van der Waals surface area contributed by atoms with Gasteiger partial charge >= 0.3 is 0 Å². The topological polar surface area (TPSA) is 76.1 Å². The molecular weight excluding hydrogens is 352 g/mol. The van der Waals surface area contributed by atoms with Gasteiger partial charge in [0.05, 0.1) is 7.11 Å². The Bertz CT molecular complexity index is 943. The largest absolute Gasteiger partial charge is 0.497 e. The second kappa shape index (κ2) is 9.50. The van der Waals surface area contributed by atoms with Gasteiger partial charge in [-0.15, -0.1) is 0 Å². The highest BCUT2D eigenvalue weighted by Crippen LogP contribution is 2.16. The summed E-state index contributed by atoms with van der Waals surface area (Å²) in [5.74, 6) is 1.01. The molecule has 0 saturated heterocycles. The van der Waals surface area contributed by atoms with Gasteiger partial charge in [-0.3, -0.25) is 4.79 Å². The first-order valence-electron chi connectivity index (χ1n) is 9.28. The summed E-state index contributed by atoms with van der Waals surface area (Å²) in [5, 5.41) is 6.10. The molecule has 0 saturated carbocycles. The lowest BCUT2D eigenvalue weighted by atomic mass is 10.1. The Kier molecular flexibility index (Phi) is 6.57. The lowest BCUT2D eigenvalue weighted by Gasteiger charge is -2.10. The molecule has 6 heteroatoms. The number of hydrogen-bond donors (Lipinski definition) is 2. The summed E-state index contributed by atoms with van der Waals surface area (Å²) >= 11 is 0. The maximum Gasteiger partial charge on any atom is 0.274 e. The standard InChI is InChI=1S/C22H24N4O2/c1-3-17-8-4-5-10-19(17)25-21(27)20-12-14-24-22(26-20)23-13-11-16-7-6-9-18(15-16)28-2/h4-10,12,14-15H,3,11,13H2,1-2H3,(H,25,27)(H,23,24,26). The maximum absolute atomic E-state index is 12.6. The Labute approximate surface area is 165 Å². The number of carbonyl (C=O) groups is 1. The van der Waals surface area contributed by atoms with Crippen molar-refractivity contribution in [2.45, 2.75) is 19.8 Å². The summed E-state index contributed by atoms with van der Waals surface area (Å²) in [6, 6.07) is 17.3. The van der Waals surface area contributed by atoms with Crippen molar-refractivity contribution in [2.24, 2.45) is 0 Å². The van der Waals surface area contributed by atoms with Crippen LogP contribution >= 0.6 is 0 Å². The fourth-order valence-corrected chi connectivity index (χ4v) is 2.85. The number of carbonyl (C=O) groups excluding carboxylic acids is 1. The van der Waals surface area contributed by atoms with E-state index in [4.69, 9.17) is 4.74 Å². The van der Waals surface area contributed by atoms with Crippen molar-refractivity contribution in [2.75, 3.05) is 24.3 Å². The molecule has 1 aromatic heterocycles. The normalized spacial score (nSPS) is 10.4. The van der Waals surface area contributed by atoms with Gasteiger partial charge < -0.3 is 15.4 Å². The van der Waals surface area contributed by atoms with E-state index in [1.54, 1.807) is 19.4 Å². The smallest absolute Gasteiger partial charge is 0.274 e. The third-order valence-electron chi connectivity index (χ3n) is 4.37. The molecule has 6 nitrogen and oxygen atoms in total. The van der Waals surface area contributed by atoms with Gasteiger partial charge in [-0.2, -0.15) is 0 Å². The summed E-state index contributed by atoms with van der Waals surface area (Å²) in [5.41, 5.74) is 3.37. The van der Waals surface area contributed by atoms with Crippen molar-refractivity contribution in [1.82, 2.24) is 9.97 Å². The molecule has 0 aliphatic rings. The molecule has 1 heterocycles. The molecule has 0 fully saturated rings. The Hall–Kier alpha value is -3.41. The first-order chi connectivity index (χ1) is 13.7. The van der Waals surface area contributed by atoms with E-state index >= 15 is 0 Å². The zero-order valence-electron chi connectivity index (χ0n) is 16.1. The number of methoxy groups -OCH3 is 1. The van der Waals surface area contributed by atoms with Gasteiger partial charge in [0.1, 0.15) is 11.4 Å². The SMILES string of the molecule is CCc1ccccc1NC(=O)c1ccnc(NCCc2cccc(OC)c2)n1. The van der Waals surface area contributed by atoms with Crippen molar-refractivity contribution in [3.8, 4) is 5.75 Å². The van der Waals surface area contributed by atoms with Crippen molar-refractivity contribution < 1.29 is 9.53 Å². The van der Waals surface area contributed by atoms with Crippen LogP contribution in [0.4, 0.5) is 11.6 Å². The molecule has 0 bridgehead atoms. The quantitative estimate of drug-likeness (QED) is 0.622. The molecule has 2 N–H and O–H groups in total. The number of nitrogens with zero attached hydrogens (tertiary/aromatic N) is 2. The van der Waals surface area contributed by atoms with Crippen molar-refractivity contribution in [3.05, 3.63) is 77.6 Å². The van der Waals surface area contributed by atoms with Gasteiger partial charge in [0, 0.05) is 18.4 Å². The summed E-state index contributed by atoms with van der Waals surface area (Å²) < 4.78 is 5.24. The second-order valence-electron chi connectivity index (χ2n) is 6.26. The van der Waals surface area contributed by atoms with E-state index in [0.717, 1.165) is 35.4 Å². The van der Waals surface area contributed by atoms with Crippen LogP contribution in [0.25, 0.3) is 0 Å². The molecule has 0 radical (unpaired) electrons. The van der Waals surface area contributed by atoms with Crippen LogP contribution in [0, 0.1) is 0 Å². The number of para-hydroxylation sites is 1. The van der Waals surface area contributed by atoms with Gasteiger partial charge in [0.15, 0.2) is 0 Å². The van der Waals surface area contributed by atoms with Crippen LogP contribution in [0.3, 0.4) is 0 Å². The summed E-state index contributed by atoms with van der Waals surface area (Å²) in [4.78, 5) is 21.1. The molecule has 28 heavy (non-hydrogen) atoms. The van der Waals surface area contributed by atoms with E-state index in [2.05, 4.69) is 27.5 Å². The van der Waals surface area contributed by atoms with E-state index in [9.17, 15) is 4.79 Å². The summed E-state index contributed by atoms with van der Waals surface area (Å²) in [6.07, 6.45) is 3.22. The number of aromatic nitrogens is 2. The van der Waals surface area contributed by atoms with Crippen LogP contribution in [-0.2, 0) is 12.8 Å². The fraction of sp³-hybridized carbons (Fsp3) is 0.227. The molecule has 0 aliphatic carbocycles. The Balaban J connectivity index is 1.61. The average Bonchev–Trinajstić information content (AvgIpc) is 2.74. The van der Waals surface area contributed by atoms with E-state index in [0.29, 0.717) is 18.2 Å². The maximum atomic E-state index is 12.6. The molecule has 0 atom stereocenters. The first-order valence-corrected chi connectivity index (χ1v) is 9.28. The molecule has 0 unspecified atom stereocenters. The van der Waals surface area contributed by atoms with Gasteiger partial charge in [-0.05, 0) is 48.2 Å². The van der Waals surface area contributed by atoms with Gasteiger partial charge in [0.25, 0.3) is 5.91 Å². The highest BCUT2D eigenvalue weighted by atomic mass is 16.5. The van der Waals surface area contributed by atoms with Gasteiger partial charge in [-0.25, -0.2) is 9.97 Å². The van der Waals surface area contributed by atoms with Crippen molar-refractivity contribution in [3.63, 3.8) is 0 Å². The molecule has 3 aromatic rings. The number of rotatable bonds is 8. The second-order valence-corrected chi connectivity index (χ2v) is 6.26. The molecular formula is C22H24N4O2. The van der Waals surface area contributed by atoms with Gasteiger partial charge in [-0.1, -0.05) is 37.3 Å². The average molecular weight is 376 g/mol. The van der Waals surface area contributed by atoms with Gasteiger partial charge in [0.2, 0.25) is 5.95 Å². The van der Waals surface area contributed by atoms with Crippen LogP contribution < -0.4 is 15.4 Å². The minimum atomic E-state index is -0.251. The third-order valence-corrected chi connectivity index (χ3v) is 4.37. The zero-order valence-corrected chi connectivity index (χ0v) is 16.1. The number of amides is 1. The Morgan fingerprint density at radius 2 is 1.96 bits per heavy atom. The predicted molar refractivity (Wildman–Crippen MR) is 111 cm³/mol. The highest BCUT2D eigenvalue weighted by Gasteiger charge is 2.11. The molecule has 1 amide bonds. The minimum absolute atomic E-state index is 0.251. The molecule has 144 valence electrons. The molecule has 2 aromatic carbocycles. The van der Waals surface area contributed by atoms with E-state index in [1.807, 2.05) is 48.5 Å². The van der Waals surface area contributed by atoms with Crippen molar-refractivity contribution >= 4 is 17.5 Å². The molecule has 0 spiro atoms. The summed E-state index contributed by atoms with van der Waals surface area (Å²) in [6.45, 7) is 2.71. The fourth-order valence-electron chi connectivity index (χ4n) is 2.85. The molecule has 3 rings (SSSR count). The Morgan fingerprint density at radius 3 is 2.79 bits per heavy atom. The number of hydrogen-bond acceptors (Lipinski definition) is 5. The molecule has 0 aliphatic heterocycles. The third kappa shape index (κ3) is 5.07. The lowest BCUT2D eigenvalue weighted by molar-refractivity contribution is 0.102. The number of nitrogens with one attached hydrogen (secondary N) is 2. The van der Waals surface area contributed by atoms with Crippen LogP contribution in [0.1, 0.15) is 28.5 Å².